The third-order valence-corrected chi connectivity index (χ3v) is 4.01. The average Bonchev–Trinajstić information content (AvgIpc) is 2.73. The van der Waals surface area contributed by atoms with Gasteiger partial charge >= 0.3 is 0 Å². The molecule has 16 heavy (non-hydrogen) atoms. The minimum Gasteiger partial charge on any atom is -0.346 e. The van der Waals surface area contributed by atoms with E-state index in [4.69, 9.17) is 0 Å². The summed E-state index contributed by atoms with van der Waals surface area (Å²) in [6.45, 7) is 2.36. The van der Waals surface area contributed by atoms with Crippen LogP contribution in [0.3, 0.4) is 0 Å². The molecular weight excluding hydrogens is 198 g/mol. The van der Waals surface area contributed by atoms with Crippen LogP contribution in [0.15, 0.2) is 6.20 Å². The predicted octanol–water partition coefficient (Wildman–Crippen LogP) is 2.22. The Morgan fingerprint density at radius 2 is 2.00 bits per heavy atom. The van der Waals surface area contributed by atoms with Crippen molar-refractivity contribution < 1.29 is 0 Å². The second-order valence-corrected chi connectivity index (χ2v) is 5.36. The minimum atomic E-state index is 0.710. The third kappa shape index (κ3) is 2.14. The molecule has 3 heteroatoms. The van der Waals surface area contributed by atoms with Gasteiger partial charge in [-0.1, -0.05) is 19.3 Å². The van der Waals surface area contributed by atoms with E-state index in [9.17, 15) is 0 Å². The molecule has 0 aromatic carbocycles. The number of H-pyrrole nitrogens is 1. The highest BCUT2D eigenvalue weighted by atomic mass is 15.0. The Balaban J connectivity index is 1.61. The normalized spacial score (nSPS) is 23.2. The second kappa shape index (κ2) is 4.58. The van der Waals surface area contributed by atoms with Gasteiger partial charge < -0.3 is 10.3 Å². The fourth-order valence-electron chi connectivity index (χ4n) is 2.87. The molecule has 0 unspecified atom stereocenters. The SMILES string of the molecule is c1nc(C2CCCCC2)[nH]c1CC1CNC1. The van der Waals surface area contributed by atoms with E-state index in [0.29, 0.717) is 5.92 Å². The summed E-state index contributed by atoms with van der Waals surface area (Å²) >= 11 is 0. The molecule has 88 valence electrons. The Kier molecular flexibility index (Phi) is 2.96. The number of imidazole rings is 1. The number of aromatic nitrogens is 2. The van der Waals surface area contributed by atoms with Crippen LogP contribution in [0.25, 0.3) is 0 Å². The van der Waals surface area contributed by atoms with Crippen molar-refractivity contribution in [3.63, 3.8) is 0 Å². The fraction of sp³-hybridized carbons (Fsp3) is 0.769. The molecule has 1 saturated carbocycles. The molecule has 0 spiro atoms. The lowest BCUT2D eigenvalue weighted by atomic mass is 9.89. The predicted molar refractivity (Wildman–Crippen MR) is 64.5 cm³/mol. The average molecular weight is 219 g/mol. The molecule has 2 fully saturated rings. The highest BCUT2D eigenvalue weighted by molar-refractivity contribution is 5.08. The lowest BCUT2D eigenvalue weighted by Crippen LogP contribution is -2.43. The molecule has 3 nitrogen and oxygen atoms in total. The topological polar surface area (TPSA) is 40.7 Å². The number of nitrogens with zero attached hydrogens (tertiary/aromatic N) is 1. The van der Waals surface area contributed by atoms with Crippen molar-refractivity contribution in [1.82, 2.24) is 15.3 Å². The molecule has 1 aliphatic carbocycles. The van der Waals surface area contributed by atoms with Gasteiger partial charge in [0.1, 0.15) is 5.82 Å². The van der Waals surface area contributed by atoms with Gasteiger partial charge in [0.05, 0.1) is 0 Å². The molecule has 2 heterocycles. The molecule has 2 aliphatic rings. The Bertz CT molecular complexity index is 335. The molecule has 1 aromatic heterocycles. The Labute approximate surface area is 97.0 Å². The quantitative estimate of drug-likeness (QED) is 0.818. The van der Waals surface area contributed by atoms with Crippen molar-refractivity contribution in [3.8, 4) is 0 Å². The maximum atomic E-state index is 4.58. The fourth-order valence-corrected chi connectivity index (χ4v) is 2.87. The van der Waals surface area contributed by atoms with Gasteiger partial charge in [0, 0.05) is 17.8 Å². The van der Waals surface area contributed by atoms with E-state index in [0.717, 1.165) is 5.92 Å². The standard InChI is InChI=1S/C13H21N3/c1-2-4-11(5-3-1)13-15-9-12(16-13)6-10-7-14-8-10/h9-11,14H,1-8H2,(H,15,16). The van der Waals surface area contributed by atoms with Crippen molar-refractivity contribution in [2.24, 2.45) is 5.92 Å². The molecule has 0 atom stereocenters. The summed E-state index contributed by atoms with van der Waals surface area (Å²) in [6, 6.07) is 0. The smallest absolute Gasteiger partial charge is 0.109 e. The summed E-state index contributed by atoms with van der Waals surface area (Å²) in [6.07, 6.45) is 10.1. The van der Waals surface area contributed by atoms with Gasteiger partial charge in [0.25, 0.3) is 0 Å². The van der Waals surface area contributed by atoms with E-state index in [1.165, 1.54) is 63.1 Å². The summed E-state index contributed by atoms with van der Waals surface area (Å²) < 4.78 is 0. The summed E-state index contributed by atoms with van der Waals surface area (Å²) in [4.78, 5) is 8.12. The number of nitrogens with one attached hydrogen (secondary N) is 2. The van der Waals surface area contributed by atoms with Gasteiger partial charge in [-0.25, -0.2) is 4.98 Å². The zero-order valence-electron chi connectivity index (χ0n) is 9.84. The zero-order valence-corrected chi connectivity index (χ0v) is 9.84. The zero-order chi connectivity index (χ0) is 10.8. The summed E-state index contributed by atoms with van der Waals surface area (Å²) in [5, 5.41) is 3.32. The first-order chi connectivity index (χ1) is 7.92. The van der Waals surface area contributed by atoms with Crippen LogP contribution in [-0.2, 0) is 6.42 Å². The summed E-state index contributed by atoms with van der Waals surface area (Å²) in [5.74, 6) is 2.80. The molecule has 0 radical (unpaired) electrons. The third-order valence-electron chi connectivity index (χ3n) is 4.01. The number of hydrogen-bond donors (Lipinski definition) is 2. The Morgan fingerprint density at radius 1 is 1.19 bits per heavy atom. The van der Waals surface area contributed by atoms with Gasteiger partial charge in [0.15, 0.2) is 0 Å². The maximum Gasteiger partial charge on any atom is 0.109 e. The van der Waals surface area contributed by atoms with Crippen LogP contribution < -0.4 is 5.32 Å². The van der Waals surface area contributed by atoms with Crippen LogP contribution in [0, 0.1) is 5.92 Å². The van der Waals surface area contributed by atoms with Crippen molar-refractivity contribution in [2.75, 3.05) is 13.1 Å². The lowest BCUT2D eigenvalue weighted by Gasteiger charge is -2.26. The lowest BCUT2D eigenvalue weighted by molar-refractivity contribution is 0.344. The van der Waals surface area contributed by atoms with Crippen LogP contribution in [0.5, 0.6) is 0 Å². The number of aromatic amines is 1. The van der Waals surface area contributed by atoms with Crippen LogP contribution >= 0.6 is 0 Å². The molecule has 1 saturated heterocycles. The second-order valence-electron chi connectivity index (χ2n) is 5.36. The number of hydrogen-bond acceptors (Lipinski definition) is 2. The minimum absolute atomic E-state index is 0.710. The van der Waals surface area contributed by atoms with Crippen LogP contribution in [0.2, 0.25) is 0 Å². The van der Waals surface area contributed by atoms with E-state index in [-0.39, 0.29) is 0 Å². The van der Waals surface area contributed by atoms with E-state index in [1.54, 1.807) is 0 Å². The van der Waals surface area contributed by atoms with E-state index in [1.807, 2.05) is 0 Å². The van der Waals surface area contributed by atoms with Crippen molar-refractivity contribution >= 4 is 0 Å². The van der Waals surface area contributed by atoms with Crippen LogP contribution in [0.4, 0.5) is 0 Å². The number of rotatable bonds is 3. The molecule has 1 aliphatic heterocycles. The van der Waals surface area contributed by atoms with Crippen molar-refractivity contribution in [1.29, 1.82) is 0 Å². The highest BCUT2D eigenvalue weighted by Gasteiger charge is 2.21. The first-order valence-corrected chi connectivity index (χ1v) is 6.66. The first-order valence-electron chi connectivity index (χ1n) is 6.66. The van der Waals surface area contributed by atoms with Gasteiger partial charge in [-0.3, -0.25) is 0 Å². The molecule has 0 amide bonds. The first kappa shape index (κ1) is 10.3. The Morgan fingerprint density at radius 3 is 2.69 bits per heavy atom. The van der Waals surface area contributed by atoms with Crippen LogP contribution in [-0.4, -0.2) is 23.1 Å². The van der Waals surface area contributed by atoms with Crippen molar-refractivity contribution in [3.05, 3.63) is 17.7 Å². The molecule has 0 bridgehead atoms. The largest absolute Gasteiger partial charge is 0.346 e. The summed E-state index contributed by atoms with van der Waals surface area (Å²) in [7, 11) is 0. The monoisotopic (exact) mass is 219 g/mol. The van der Waals surface area contributed by atoms with E-state index < -0.39 is 0 Å². The van der Waals surface area contributed by atoms with Gasteiger partial charge in [-0.15, -0.1) is 0 Å². The Hall–Kier alpha value is -0.830. The molecule has 2 N–H and O–H groups in total. The molecule has 1 aromatic rings. The van der Waals surface area contributed by atoms with Crippen LogP contribution in [0.1, 0.15) is 49.5 Å². The van der Waals surface area contributed by atoms with E-state index >= 15 is 0 Å². The summed E-state index contributed by atoms with van der Waals surface area (Å²) in [5.41, 5.74) is 1.34. The maximum absolute atomic E-state index is 4.58. The van der Waals surface area contributed by atoms with Gasteiger partial charge in [-0.05, 0) is 38.3 Å². The van der Waals surface area contributed by atoms with Gasteiger partial charge in [-0.2, -0.15) is 0 Å². The molecular formula is C13H21N3. The molecule has 3 rings (SSSR count). The van der Waals surface area contributed by atoms with Crippen molar-refractivity contribution in [2.45, 2.75) is 44.4 Å². The highest BCUT2D eigenvalue weighted by Crippen LogP contribution is 2.30. The van der Waals surface area contributed by atoms with E-state index in [2.05, 4.69) is 21.5 Å². The van der Waals surface area contributed by atoms with Gasteiger partial charge in [0.2, 0.25) is 0 Å².